The van der Waals surface area contributed by atoms with Crippen LogP contribution in [0, 0.1) is 0 Å². The van der Waals surface area contributed by atoms with Gasteiger partial charge < -0.3 is 42.4 Å². The third-order valence-corrected chi connectivity index (χ3v) is 5.29. The van der Waals surface area contributed by atoms with Gasteiger partial charge in [0.2, 0.25) is 0 Å². The minimum atomic E-state index is -1.22. The molecule has 0 aliphatic rings. The molecule has 9 nitrogen and oxygen atoms in total. The molecule has 0 saturated carbocycles. The van der Waals surface area contributed by atoms with Crippen LogP contribution in [-0.4, -0.2) is 66.8 Å². The fourth-order valence-electron chi connectivity index (χ4n) is 3.45. The van der Waals surface area contributed by atoms with Crippen LogP contribution in [0.2, 0.25) is 0 Å². The van der Waals surface area contributed by atoms with Gasteiger partial charge in [-0.25, -0.2) is 0 Å². The summed E-state index contributed by atoms with van der Waals surface area (Å²) in [5.41, 5.74) is 0. The molecule has 0 radical (unpaired) electrons. The van der Waals surface area contributed by atoms with E-state index >= 15 is 0 Å². The van der Waals surface area contributed by atoms with Crippen molar-refractivity contribution in [1.29, 1.82) is 0 Å². The van der Waals surface area contributed by atoms with Gasteiger partial charge in [0.15, 0.2) is 17.2 Å². The van der Waals surface area contributed by atoms with Crippen molar-refractivity contribution in [3.8, 4) is 34.5 Å². The van der Waals surface area contributed by atoms with Crippen molar-refractivity contribution in [3.63, 3.8) is 0 Å². The zero-order valence-electron chi connectivity index (χ0n) is 23.5. The van der Waals surface area contributed by atoms with Gasteiger partial charge in [-0.05, 0) is 57.2 Å². The van der Waals surface area contributed by atoms with Crippen molar-refractivity contribution >= 4 is 7.32 Å². The minimum absolute atomic E-state index is 0.369. The molecule has 216 valence electrons. The molecular weight excluding hydrogens is 515 g/mol. The molecule has 0 aliphatic carbocycles. The third kappa shape index (κ3) is 10.9. The second-order valence-electron chi connectivity index (χ2n) is 8.12. The summed E-state index contributed by atoms with van der Waals surface area (Å²) in [6.07, 6.45) is 0. The smallest absolute Gasteiger partial charge is 0.487 e. The lowest BCUT2D eigenvalue weighted by molar-refractivity contribution is 0.108. The standard InChI is InChI=1S/C30H39BO9/c1-4-32-19-22-35-25-13-7-10-16-28(25)38-31(39-29-17-11-8-14-26(29)36-23-20-33-5-2)40-30-18-12-9-15-27(30)37-24-21-34-6-3/h7-18H,4-6,19-24H2,1-3H3. The van der Waals surface area contributed by atoms with Crippen molar-refractivity contribution in [2.75, 3.05) is 59.5 Å². The van der Waals surface area contributed by atoms with Crippen molar-refractivity contribution in [2.45, 2.75) is 20.8 Å². The summed E-state index contributed by atoms with van der Waals surface area (Å²) in [4.78, 5) is 0. The van der Waals surface area contributed by atoms with Gasteiger partial charge in [0, 0.05) is 19.8 Å². The number of hydrogen-bond acceptors (Lipinski definition) is 9. The molecule has 3 rings (SSSR count). The Kier molecular flexibility index (Phi) is 14.4. The van der Waals surface area contributed by atoms with E-state index in [1.165, 1.54) is 0 Å². The highest BCUT2D eigenvalue weighted by Crippen LogP contribution is 2.33. The van der Waals surface area contributed by atoms with Crippen LogP contribution >= 0.6 is 0 Å². The van der Waals surface area contributed by atoms with Crippen LogP contribution in [0.25, 0.3) is 0 Å². The molecule has 0 fully saturated rings. The molecule has 0 atom stereocenters. The molecule has 10 heteroatoms. The summed E-state index contributed by atoms with van der Waals surface area (Å²) in [6.45, 7) is 10.1. The molecule has 0 bridgehead atoms. The van der Waals surface area contributed by atoms with E-state index in [-0.39, 0.29) is 0 Å². The number of ether oxygens (including phenoxy) is 6. The Morgan fingerprint density at radius 3 is 0.950 bits per heavy atom. The molecule has 0 aliphatic heterocycles. The van der Waals surface area contributed by atoms with E-state index < -0.39 is 7.32 Å². The summed E-state index contributed by atoms with van der Waals surface area (Å²) < 4.78 is 52.6. The predicted molar refractivity (Wildman–Crippen MR) is 153 cm³/mol. The summed E-state index contributed by atoms with van der Waals surface area (Å²) >= 11 is 0. The summed E-state index contributed by atoms with van der Waals surface area (Å²) in [5.74, 6) is 2.90. The van der Waals surface area contributed by atoms with E-state index in [0.29, 0.717) is 94.0 Å². The fourth-order valence-corrected chi connectivity index (χ4v) is 3.45. The van der Waals surface area contributed by atoms with Crippen LogP contribution < -0.4 is 28.2 Å². The lowest BCUT2D eigenvalue weighted by Gasteiger charge is -2.21. The minimum Gasteiger partial charge on any atom is -0.487 e. The second-order valence-corrected chi connectivity index (χ2v) is 8.12. The van der Waals surface area contributed by atoms with E-state index in [1.807, 2.05) is 75.4 Å². The molecule has 3 aromatic carbocycles. The first kappa shape index (κ1) is 30.9. The normalized spacial score (nSPS) is 10.6. The van der Waals surface area contributed by atoms with E-state index in [4.69, 9.17) is 42.4 Å². The van der Waals surface area contributed by atoms with Gasteiger partial charge in [-0.2, -0.15) is 0 Å². The zero-order valence-corrected chi connectivity index (χ0v) is 23.5. The molecule has 0 aromatic heterocycles. The zero-order chi connectivity index (χ0) is 28.3. The highest BCUT2D eigenvalue weighted by molar-refractivity contribution is 6.39. The maximum absolute atomic E-state index is 6.24. The van der Waals surface area contributed by atoms with E-state index in [1.54, 1.807) is 18.2 Å². The first-order valence-corrected chi connectivity index (χ1v) is 13.6. The van der Waals surface area contributed by atoms with Gasteiger partial charge in [-0.1, -0.05) is 36.4 Å². The maximum Gasteiger partial charge on any atom is 0.864 e. The predicted octanol–water partition coefficient (Wildman–Crippen LogP) is 5.45. The Morgan fingerprint density at radius 1 is 0.400 bits per heavy atom. The second kappa shape index (κ2) is 18.6. The topological polar surface area (TPSA) is 83.1 Å². The summed E-state index contributed by atoms with van der Waals surface area (Å²) in [6, 6.07) is 21.9. The average molecular weight is 554 g/mol. The SMILES string of the molecule is CCOCCOc1ccccc1OB(Oc1ccccc1OCCOCC)Oc1ccccc1OCCOCC. The Morgan fingerprint density at radius 2 is 0.675 bits per heavy atom. The van der Waals surface area contributed by atoms with Crippen LogP contribution in [0.15, 0.2) is 72.8 Å². The molecule has 0 N–H and O–H groups in total. The highest BCUT2D eigenvalue weighted by Gasteiger charge is 2.33. The quantitative estimate of drug-likeness (QED) is 0.126. The van der Waals surface area contributed by atoms with Gasteiger partial charge in [0.05, 0.1) is 19.8 Å². The average Bonchev–Trinajstić information content (AvgIpc) is 2.98. The molecule has 3 aromatic rings. The number of rotatable bonds is 21. The van der Waals surface area contributed by atoms with E-state index in [9.17, 15) is 0 Å². The van der Waals surface area contributed by atoms with Crippen molar-refractivity contribution in [3.05, 3.63) is 72.8 Å². The fraction of sp³-hybridized carbons (Fsp3) is 0.400. The van der Waals surface area contributed by atoms with E-state index in [2.05, 4.69) is 0 Å². The van der Waals surface area contributed by atoms with Crippen molar-refractivity contribution < 1.29 is 42.4 Å². The van der Waals surface area contributed by atoms with Crippen LogP contribution in [0.3, 0.4) is 0 Å². The molecule has 40 heavy (non-hydrogen) atoms. The Bertz CT molecular complexity index is 961. The lowest BCUT2D eigenvalue weighted by atomic mass is 10.1. The lowest BCUT2D eigenvalue weighted by Crippen LogP contribution is -2.37. The first-order valence-electron chi connectivity index (χ1n) is 13.6. The van der Waals surface area contributed by atoms with Gasteiger partial charge in [0.1, 0.15) is 37.1 Å². The molecule has 0 heterocycles. The van der Waals surface area contributed by atoms with Crippen molar-refractivity contribution in [1.82, 2.24) is 0 Å². The molecule has 0 spiro atoms. The summed E-state index contributed by atoms with van der Waals surface area (Å²) in [5, 5.41) is 0. The van der Waals surface area contributed by atoms with Crippen LogP contribution in [0.4, 0.5) is 0 Å². The monoisotopic (exact) mass is 554 g/mol. The van der Waals surface area contributed by atoms with Crippen LogP contribution in [0.1, 0.15) is 20.8 Å². The van der Waals surface area contributed by atoms with Gasteiger partial charge in [0.25, 0.3) is 0 Å². The number of para-hydroxylation sites is 6. The number of benzene rings is 3. The summed E-state index contributed by atoms with van der Waals surface area (Å²) in [7, 11) is -1.22. The third-order valence-electron chi connectivity index (χ3n) is 5.29. The molecular formula is C30H39BO9. The van der Waals surface area contributed by atoms with Gasteiger partial charge >= 0.3 is 7.32 Å². The highest BCUT2D eigenvalue weighted by atomic mass is 16.7. The van der Waals surface area contributed by atoms with Gasteiger partial charge in [-0.15, -0.1) is 0 Å². The Hall–Kier alpha value is -3.60. The van der Waals surface area contributed by atoms with Crippen LogP contribution in [0.5, 0.6) is 34.5 Å². The Labute approximate surface area is 237 Å². The largest absolute Gasteiger partial charge is 0.864 e. The Balaban J connectivity index is 1.82. The maximum atomic E-state index is 6.24. The van der Waals surface area contributed by atoms with Crippen LogP contribution in [-0.2, 0) is 14.2 Å². The first-order chi connectivity index (χ1) is 19.7. The molecule has 0 amide bonds. The molecule has 0 saturated heterocycles. The van der Waals surface area contributed by atoms with E-state index in [0.717, 1.165) is 0 Å². The molecule has 0 unspecified atom stereocenters. The van der Waals surface area contributed by atoms with Gasteiger partial charge in [-0.3, -0.25) is 0 Å². The van der Waals surface area contributed by atoms with Crippen molar-refractivity contribution in [2.24, 2.45) is 0 Å². The number of hydrogen-bond donors (Lipinski definition) is 0.